The van der Waals surface area contributed by atoms with Gasteiger partial charge in [-0.25, -0.2) is 0 Å². The van der Waals surface area contributed by atoms with Crippen molar-refractivity contribution in [2.75, 3.05) is 6.54 Å². The van der Waals surface area contributed by atoms with Crippen LogP contribution in [0.2, 0.25) is 19.6 Å². The fourth-order valence-electron chi connectivity index (χ4n) is 2.36. The summed E-state index contributed by atoms with van der Waals surface area (Å²) in [5, 5.41) is 6.17. The van der Waals surface area contributed by atoms with Gasteiger partial charge < -0.3 is 5.32 Å². The van der Waals surface area contributed by atoms with Crippen molar-refractivity contribution in [1.29, 1.82) is 0 Å². The highest BCUT2D eigenvalue weighted by atomic mass is 28.3. The Balaban J connectivity index is 1.98. The monoisotopic (exact) mass is 307 g/mol. The normalized spacial score (nSPS) is 13.1. The van der Waals surface area contributed by atoms with Crippen LogP contribution in [0.3, 0.4) is 0 Å². The summed E-state index contributed by atoms with van der Waals surface area (Å²) in [6.07, 6.45) is 4.08. The summed E-state index contributed by atoms with van der Waals surface area (Å²) in [6, 6.07) is 15.4. The summed E-state index contributed by atoms with van der Waals surface area (Å²) >= 11 is 0. The third-order valence-corrected chi connectivity index (χ3v) is 4.37. The minimum absolute atomic E-state index is 0.320. The van der Waals surface area contributed by atoms with Crippen molar-refractivity contribution in [1.82, 2.24) is 5.32 Å². The molecule has 0 saturated carbocycles. The average Bonchev–Trinajstić information content (AvgIpc) is 2.49. The minimum atomic E-state index is -1.26. The Labute approximate surface area is 135 Å². The number of nitrogens with one attached hydrogen (secondary N) is 1. The third-order valence-electron chi connectivity index (χ3n) is 3.48. The van der Waals surface area contributed by atoms with Crippen LogP contribution >= 0.6 is 0 Å². The second-order valence-corrected chi connectivity index (χ2v) is 11.4. The molecule has 2 aromatic rings. The Hall–Kier alpha value is -1.82. The number of allylic oxidation sites excluding steroid dienone is 1. The number of rotatable bonds is 4. The Morgan fingerprint density at radius 1 is 1.09 bits per heavy atom. The zero-order valence-corrected chi connectivity index (χ0v) is 15.0. The Morgan fingerprint density at radius 3 is 2.59 bits per heavy atom. The van der Waals surface area contributed by atoms with Gasteiger partial charge in [0, 0.05) is 12.6 Å². The van der Waals surface area contributed by atoms with Gasteiger partial charge in [-0.05, 0) is 29.3 Å². The van der Waals surface area contributed by atoms with Gasteiger partial charge in [-0.3, -0.25) is 0 Å². The van der Waals surface area contributed by atoms with Crippen LogP contribution in [0.1, 0.15) is 18.5 Å². The van der Waals surface area contributed by atoms with Gasteiger partial charge in [-0.1, -0.05) is 74.1 Å². The Bertz CT molecular complexity index is 708. The van der Waals surface area contributed by atoms with E-state index in [9.17, 15) is 0 Å². The topological polar surface area (TPSA) is 12.0 Å². The zero-order valence-electron chi connectivity index (χ0n) is 14.0. The molecule has 0 aliphatic carbocycles. The number of hydrogen-bond donors (Lipinski definition) is 1. The van der Waals surface area contributed by atoms with Gasteiger partial charge >= 0.3 is 0 Å². The van der Waals surface area contributed by atoms with Crippen LogP contribution in [0.15, 0.2) is 54.6 Å². The molecule has 0 radical (unpaired) electrons. The molecule has 0 aliphatic heterocycles. The molecule has 0 aliphatic rings. The van der Waals surface area contributed by atoms with Gasteiger partial charge in [0.1, 0.15) is 8.07 Å². The summed E-state index contributed by atoms with van der Waals surface area (Å²) in [6.45, 7) is 9.83. The van der Waals surface area contributed by atoms with Crippen LogP contribution < -0.4 is 5.32 Å². The van der Waals surface area contributed by atoms with Crippen molar-refractivity contribution >= 4 is 18.8 Å². The van der Waals surface area contributed by atoms with Gasteiger partial charge in [0.25, 0.3) is 0 Å². The molecular weight excluding hydrogens is 282 g/mol. The lowest BCUT2D eigenvalue weighted by atomic mass is 10.00. The van der Waals surface area contributed by atoms with Gasteiger partial charge in [0.15, 0.2) is 0 Å². The first-order valence-corrected chi connectivity index (χ1v) is 11.4. The molecule has 2 aromatic carbocycles. The van der Waals surface area contributed by atoms with Crippen molar-refractivity contribution in [2.24, 2.45) is 0 Å². The van der Waals surface area contributed by atoms with Crippen molar-refractivity contribution in [2.45, 2.75) is 32.6 Å². The van der Waals surface area contributed by atoms with Crippen LogP contribution in [0.5, 0.6) is 0 Å². The van der Waals surface area contributed by atoms with E-state index in [4.69, 9.17) is 0 Å². The summed E-state index contributed by atoms with van der Waals surface area (Å²) in [5.41, 5.74) is 4.69. The van der Waals surface area contributed by atoms with Crippen molar-refractivity contribution in [3.63, 3.8) is 0 Å². The van der Waals surface area contributed by atoms with Crippen LogP contribution in [0.25, 0.3) is 10.8 Å². The molecule has 0 spiro atoms. The standard InChI is InChI=1S/C20H25NSi/c1-17(21-15-8-5-9-16-22(2,3)4)19-14-10-12-18-11-6-7-13-20(18)19/h5-8,10-14,17,21H,15H2,1-4H3/b8-5+/t17-/m1/s1. The molecule has 0 heterocycles. The number of fused-ring (bicyclic) bond motifs is 1. The molecule has 2 heteroatoms. The minimum Gasteiger partial charge on any atom is -0.307 e. The van der Waals surface area contributed by atoms with Crippen LogP contribution in [0.4, 0.5) is 0 Å². The number of hydrogen-bond acceptors (Lipinski definition) is 1. The van der Waals surface area contributed by atoms with Crippen LogP contribution in [-0.4, -0.2) is 14.6 Å². The predicted octanol–water partition coefficient (Wildman–Crippen LogP) is 4.93. The van der Waals surface area contributed by atoms with Gasteiger partial charge in [-0.15, -0.1) is 5.54 Å². The Kier molecular flexibility index (Phi) is 5.60. The molecule has 114 valence electrons. The van der Waals surface area contributed by atoms with Gasteiger partial charge in [0.2, 0.25) is 0 Å². The maximum atomic E-state index is 3.55. The second kappa shape index (κ2) is 7.44. The third kappa shape index (κ3) is 4.87. The van der Waals surface area contributed by atoms with E-state index in [0.717, 1.165) is 6.54 Å². The van der Waals surface area contributed by atoms with Crippen molar-refractivity contribution < 1.29 is 0 Å². The zero-order chi connectivity index (χ0) is 16.0. The van der Waals surface area contributed by atoms with E-state index < -0.39 is 8.07 Å². The highest BCUT2D eigenvalue weighted by molar-refractivity contribution is 6.83. The van der Waals surface area contributed by atoms with Crippen LogP contribution in [-0.2, 0) is 0 Å². The van der Waals surface area contributed by atoms with Crippen molar-refractivity contribution in [3.8, 4) is 11.5 Å². The van der Waals surface area contributed by atoms with E-state index >= 15 is 0 Å². The maximum absolute atomic E-state index is 3.55. The second-order valence-electron chi connectivity index (χ2n) is 6.62. The average molecular weight is 308 g/mol. The maximum Gasteiger partial charge on any atom is 0.129 e. The van der Waals surface area contributed by atoms with Gasteiger partial charge in [0.05, 0.1) is 0 Å². The molecule has 0 saturated heterocycles. The van der Waals surface area contributed by atoms with Gasteiger partial charge in [-0.2, -0.15) is 0 Å². The molecule has 2 rings (SSSR count). The molecule has 0 aromatic heterocycles. The summed E-state index contributed by atoms with van der Waals surface area (Å²) in [4.78, 5) is 0. The first kappa shape index (κ1) is 16.5. The fourth-order valence-corrected chi connectivity index (χ4v) is 2.88. The van der Waals surface area contributed by atoms with Crippen LogP contribution in [0, 0.1) is 11.5 Å². The lowest BCUT2D eigenvalue weighted by Gasteiger charge is -2.15. The van der Waals surface area contributed by atoms with E-state index in [0.29, 0.717) is 6.04 Å². The SMILES string of the molecule is C[C@@H](NC/C=C/C#C[Si](C)(C)C)c1cccc2ccccc12. The van der Waals surface area contributed by atoms with E-state index in [1.165, 1.54) is 16.3 Å². The molecule has 0 bridgehead atoms. The molecule has 0 fully saturated rings. The fraction of sp³-hybridized carbons (Fsp3) is 0.300. The quantitative estimate of drug-likeness (QED) is 0.624. The predicted molar refractivity (Wildman–Crippen MR) is 101 cm³/mol. The van der Waals surface area contributed by atoms with E-state index in [-0.39, 0.29) is 0 Å². The molecule has 22 heavy (non-hydrogen) atoms. The lowest BCUT2D eigenvalue weighted by Crippen LogP contribution is -2.18. The molecule has 1 nitrogen and oxygen atoms in total. The van der Waals surface area contributed by atoms with Crippen molar-refractivity contribution in [3.05, 3.63) is 60.2 Å². The highest BCUT2D eigenvalue weighted by Gasteiger charge is 2.07. The lowest BCUT2D eigenvalue weighted by molar-refractivity contribution is 0.621. The van der Waals surface area contributed by atoms with E-state index in [2.05, 4.69) is 91.9 Å². The summed E-state index contributed by atoms with van der Waals surface area (Å²) in [7, 11) is -1.26. The Morgan fingerprint density at radius 2 is 1.82 bits per heavy atom. The summed E-state index contributed by atoms with van der Waals surface area (Å²) < 4.78 is 0. The first-order chi connectivity index (χ1) is 10.5. The molecular formula is C20H25NSi. The first-order valence-electron chi connectivity index (χ1n) is 7.86. The van der Waals surface area contributed by atoms with E-state index in [1.54, 1.807) is 0 Å². The number of benzene rings is 2. The molecule has 1 atom stereocenters. The summed E-state index contributed by atoms with van der Waals surface area (Å²) in [5.74, 6) is 3.16. The molecule has 0 amide bonds. The highest BCUT2D eigenvalue weighted by Crippen LogP contribution is 2.23. The molecule has 1 N–H and O–H groups in total. The largest absolute Gasteiger partial charge is 0.307 e. The smallest absolute Gasteiger partial charge is 0.129 e. The molecule has 0 unspecified atom stereocenters. The van der Waals surface area contributed by atoms with E-state index in [1.807, 2.05) is 6.08 Å².